The summed E-state index contributed by atoms with van der Waals surface area (Å²) >= 11 is 0. The number of hydrogen-bond acceptors (Lipinski definition) is 15. The molecule has 0 aliphatic carbocycles. The Labute approximate surface area is 559 Å². The Hall–Kier alpha value is -1.95. The highest BCUT2D eigenvalue weighted by atomic mass is 16.6. The topological polar surface area (TPSA) is 173 Å². The largest absolute Gasteiger partial charge is 0.463 e. The minimum atomic E-state index is -0.579. The zero-order valence-electron chi connectivity index (χ0n) is 59.6. The Balaban J connectivity index is 2.44. The number of aliphatic hydroxyl groups excluding tert-OH is 1. The van der Waals surface area contributed by atoms with Crippen LogP contribution in [-0.2, 0) is 66.5 Å². The summed E-state index contributed by atoms with van der Waals surface area (Å²) < 4.78 is 64.8. The molecule has 1 heterocycles. The summed E-state index contributed by atoms with van der Waals surface area (Å²) in [7, 11) is 0. The molecule has 0 aromatic heterocycles. The number of esters is 3. The molecule has 15 nitrogen and oxygen atoms in total. The number of carbonyl (C=O) groups excluding carboxylic acids is 3. The van der Waals surface area contributed by atoms with Gasteiger partial charge in [-0.2, -0.15) is 0 Å². The van der Waals surface area contributed by atoms with Gasteiger partial charge in [0.15, 0.2) is 0 Å². The van der Waals surface area contributed by atoms with Crippen molar-refractivity contribution >= 4 is 17.9 Å². The van der Waals surface area contributed by atoms with Crippen LogP contribution < -0.4 is 0 Å². The Morgan fingerprint density at radius 3 is 0.923 bits per heavy atom. The Kier molecular flexibility index (Phi) is 69.2. The standard InChI is InChI=1S/C76H146O15/c1-4-7-10-13-16-19-22-25-28-31-34-37-40-42-45-48-51-72(78)87-64-59-81-56-57-84-68-70(86-63-58-82-60-65-88-73(79)52-49-46-44-41-38-35-32-29-26-23-20-17-14-11-8-5-2)76-75(71(69-91-76)85-55-54-77)90-67-62-83-61-66-89-74(80)53-50-47-43-39-36-33-30-27-24-21-18-15-12-9-6-3/h70-71,75-77H,4-69H2,1-3H3/t70?,71-,75+,76-/m1/s1. The molecule has 0 aromatic carbocycles. The molecule has 1 rings (SSSR count). The lowest BCUT2D eigenvalue weighted by molar-refractivity contribution is -0.149. The monoisotopic (exact) mass is 1300 g/mol. The second kappa shape index (κ2) is 72.3. The van der Waals surface area contributed by atoms with Crippen molar-refractivity contribution in [2.45, 2.75) is 366 Å². The maximum Gasteiger partial charge on any atom is 0.305 e. The van der Waals surface area contributed by atoms with Crippen LogP contribution in [0.1, 0.15) is 342 Å². The number of hydrogen-bond donors (Lipinski definition) is 1. The molecule has 0 aromatic rings. The van der Waals surface area contributed by atoms with Crippen LogP contribution in [0.25, 0.3) is 0 Å². The molecule has 1 aliphatic heterocycles. The predicted molar refractivity (Wildman–Crippen MR) is 370 cm³/mol. The molecule has 1 aliphatic rings. The van der Waals surface area contributed by atoms with Gasteiger partial charge in [-0.3, -0.25) is 14.4 Å². The molecule has 1 unspecified atom stereocenters. The van der Waals surface area contributed by atoms with Crippen molar-refractivity contribution < 1.29 is 71.6 Å². The summed E-state index contributed by atoms with van der Waals surface area (Å²) in [4.78, 5) is 37.2. The fraction of sp³-hybridized carbons (Fsp3) is 0.961. The van der Waals surface area contributed by atoms with Gasteiger partial charge in [0.25, 0.3) is 0 Å². The van der Waals surface area contributed by atoms with Gasteiger partial charge in [-0.05, 0) is 19.3 Å². The van der Waals surface area contributed by atoms with Crippen LogP contribution in [0, 0.1) is 0 Å². The van der Waals surface area contributed by atoms with Gasteiger partial charge in [-0.1, -0.05) is 303 Å². The Morgan fingerprint density at radius 1 is 0.330 bits per heavy atom. The first-order valence-electron chi connectivity index (χ1n) is 38.8. The SMILES string of the molecule is CCCCCCCCCCCCCCCCCCC(=O)OCCOCCOCC(OCCOCCOC(=O)CCCCCCCCCCCCCCCCCC)[C@H]1OC[C@@H](OCCO)[C@@H]1OCCOCCOC(=O)CCCCCCCCCCCCCCCCC. The molecule has 0 saturated carbocycles. The first-order valence-corrected chi connectivity index (χ1v) is 38.8. The lowest BCUT2D eigenvalue weighted by Crippen LogP contribution is -2.45. The Morgan fingerprint density at radius 2 is 0.604 bits per heavy atom. The van der Waals surface area contributed by atoms with Crippen LogP contribution in [0.5, 0.6) is 0 Å². The van der Waals surface area contributed by atoms with E-state index in [-0.39, 0.29) is 117 Å². The van der Waals surface area contributed by atoms with E-state index in [1.165, 1.54) is 250 Å². The zero-order chi connectivity index (χ0) is 65.5. The van der Waals surface area contributed by atoms with Crippen LogP contribution in [0.2, 0.25) is 0 Å². The van der Waals surface area contributed by atoms with Gasteiger partial charge in [-0.25, -0.2) is 0 Å². The first kappa shape index (κ1) is 87.1. The average Bonchev–Trinajstić information content (AvgIpc) is 1.94. The molecule has 0 spiro atoms. The summed E-state index contributed by atoms with van der Waals surface area (Å²) in [6.07, 6.45) is 59.7. The summed E-state index contributed by atoms with van der Waals surface area (Å²) in [5.41, 5.74) is 0. The van der Waals surface area contributed by atoms with Gasteiger partial charge >= 0.3 is 17.9 Å². The van der Waals surface area contributed by atoms with Gasteiger partial charge in [0, 0.05) is 19.3 Å². The van der Waals surface area contributed by atoms with Crippen LogP contribution >= 0.6 is 0 Å². The number of aliphatic hydroxyl groups is 1. The highest BCUT2D eigenvalue weighted by Gasteiger charge is 2.44. The third-order valence-electron chi connectivity index (χ3n) is 17.6. The van der Waals surface area contributed by atoms with Crippen LogP contribution in [0.4, 0.5) is 0 Å². The minimum Gasteiger partial charge on any atom is -0.463 e. The van der Waals surface area contributed by atoms with E-state index in [0.29, 0.717) is 25.9 Å². The summed E-state index contributed by atoms with van der Waals surface area (Å²) in [6, 6.07) is 0. The van der Waals surface area contributed by atoms with Crippen molar-refractivity contribution in [2.24, 2.45) is 0 Å². The molecule has 0 radical (unpaired) electrons. The molecule has 4 atom stereocenters. The number of rotatable bonds is 76. The van der Waals surface area contributed by atoms with Gasteiger partial charge in [-0.15, -0.1) is 0 Å². The normalized spacial score (nSPS) is 15.2. The zero-order valence-corrected chi connectivity index (χ0v) is 59.6. The fourth-order valence-electron chi connectivity index (χ4n) is 12.0. The summed E-state index contributed by atoms with van der Waals surface area (Å²) in [6.45, 7) is 10.1. The van der Waals surface area contributed by atoms with E-state index in [0.717, 1.165) is 51.4 Å². The molecule has 1 fully saturated rings. The van der Waals surface area contributed by atoms with E-state index in [1.54, 1.807) is 0 Å². The van der Waals surface area contributed by atoms with E-state index in [2.05, 4.69) is 20.8 Å². The smallest absolute Gasteiger partial charge is 0.305 e. The van der Waals surface area contributed by atoms with Gasteiger partial charge in [0.05, 0.1) is 85.9 Å². The number of unbranched alkanes of at least 4 members (excludes halogenated alkanes) is 44. The third kappa shape index (κ3) is 61.4. The van der Waals surface area contributed by atoms with E-state index < -0.39 is 24.4 Å². The molecule has 0 amide bonds. The number of ether oxygens (including phenoxy) is 11. The van der Waals surface area contributed by atoms with Crippen molar-refractivity contribution in [3.8, 4) is 0 Å². The van der Waals surface area contributed by atoms with E-state index in [1.807, 2.05) is 0 Å². The van der Waals surface area contributed by atoms with Crippen molar-refractivity contribution in [1.82, 2.24) is 0 Å². The summed E-state index contributed by atoms with van der Waals surface area (Å²) in [5, 5.41) is 9.62. The second-order valence-electron chi connectivity index (χ2n) is 26.1. The molecule has 15 heteroatoms. The molecule has 540 valence electrons. The minimum absolute atomic E-state index is 0.119. The van der Waals surface area contributed by atoms with E-state index >= 15 is 0 Å². The lowest BCUT2D eigenvalue weighted by atomic mass is 10.0. The van der Waals surface area contributed by atoms with Crippen molar-refractivity contribution in [1.29, 1.82) is 0 Å². The summed E-state index contributed by atoms with van der Waals surface area (Å²) in [5.74, 6) is -0.561. The maximum absolute atomic E-state index is 12.4. The highest BCUT2D eigenvalue weighted by molar-refractivity contribution is 5.69. The molecule has 1 N–H and O–H groups in total. The van der Waals surface area contributed by atoms with Crippen LogP contribution in [-0.4, -0.2) is 153 Å². The fourth-order valence-corrected chi connectivity index (χ4v) is 12.0. The molecular weight excluding hydrogens is 1150 g/mol. The van der Waals surface area contributed by atoms with Gasteiger partial charge in [0.2, 0.25) is 0 Å². The van der Waals surface area contributed by atoms with Crippen molar-refractivity contribution in [2.75, 3.05) is 106 Å². The molecule has 0 bridgehead atoms. The predicted octanol–water partition coefficient (Wildman–Crippen LogP) is 18.8. The molecular formula is C76H146O15. The van der Waals surface area contributed by atoms with Crippen molar-refractivity contribution in [3.05, 3.63) is 0 Å². The lowest BCUT2D eigenvalue weighted by Gasteiger charge is -2.29. The van der Waals surface area contributed by atoms with Gasteiger partial charge < -0.3 is 57.2 Å². The maximum atomic E-state index is 12.4. The first-order chi connectivity index (χ1) is 45.0. The molecule has 91 heavy (non-hydrogen) atoms. The van der Waals surface area contributed by atoms with E-state index in [4.69, 9.17) is 52.1 Å². The quantitative estimate of drug-likeness (QED) is 0.0346. The third-order valence-corrected chi connectivity index (χ3v) is 17.6. The second-order valence-corrected chi connectivity index (χ2v) is 26.1. The van der Waals surface area contributed by atoms with Gasteiger partial charge in [0.1, 0.15) is 44.2 Å². The number of carbonyl (C=O) groups is 3. The Bertz CT molecular complexity index is 1490. The van der Waals surface area contributed by atoms with Crippen LogP contribution in [0.3, 0.4) is 0 Å². The van der Waals surface area contributed by atoms with Crippen LogP contribution in [0.15, 0.2) is 0 Å². The average molecular weight is 1300 g/mol. The van der Waals surface area contributed by atoms with E-state index in [9.17, 15) is 19.5 Å². The molecule has 1 saturated heterocycles. The highest BCUT2D eigenvalue weighted by Crippen LogP contribution is 2.26. The van der Waals surface area contributed by atoms with Crippen molar-refractivity contribution in [3.63, 3.8) is 0 Å².